The van der Waals surface area contributed by atoms with Crippen LogP contribution in [0.15, 0.2) is 30.7 Å². The molecule has 180 valence electrons. The van der Waals surface area contributed by atoms with Gasteiger partial charge >= 0.3 is 0 Å². The van der Waals surface area contributed by atoms with E-state index in [2.05, 4.69) is 25.4 Å². The van der Waals surface area contributed by atoms with Gasteiger partial charge in [-0.25, -0.2) is 37.0 Å². The monoisotopic (exact) mass is 476 g/mol. The first-order chi connectivity index (χ1) is 16.4. The average Bonchev–Trinajstić information content (AvgIpc) is 3.34. The smallest absolute Gasteiger partial charge is 0.256 e. The molecule has 1 N–H and O–H groups in total. The number of piperidine rings is 1. The summed E-state index contributed by atoms with van der Waals surface area (Å²) in [6, 6.07) is 3.80. The molecule has 4 aromatic heterocycles. The Balaban J connectivity index is 1.35. The maximum absolute atomic E-state index is 13.0. The molecule has 0 saturated carbocycles. The van der Waals surface area contributed by atoms with Crippen LogP contribution < -0.4 is 5.32 Å². The molecule has 12 heteroatoms. The molecule has 0 spiro atoms. The highest BCUT2D eigenvalue weighted by Crippen LogP contribution is 2.28. The molecule has 0 aromatic carbocycles. The van der Waals surface area contributed by atoms with Gasteiger partial charge in [0.2, 0.25) is 5.95 Å². The van der Waals surface area contributed by atoms with Crippen LogP contribution in [0.2, 0.25) is 0 Å². The zero-order valence-electron chi connectivity index (χ0n) is 18.5. The molecule has 0 atom stereocenters. The molecule has 4 aromatic rings. The third kappa shape index (κ3) is 4.54. The minimum absolute atomic E-state index is 0.117. The van der Waals surface area contributed by atoms with Crippen molar-refractivity contribution in [2.75, 3.05) is 25.0 Å². The fourth-order valence-electron chi connectivity index (χ4n) is 4.48. The number of aryl methyl sites for hydroxylation is 1. The van der Waals surface area contributed by atoms with Crippen molar-refractivity contribution in [2.45, 2.75) is 45.2 Å². The number of nitrogens with zero attached hydrogens (tertiary/aromatic N) is 7. The molecule has 0 bridgehead atoms. The number of nitrogens with one attached hydrogen (secondary N) is 1. The third-order valence-electron chi connectivity index (χ3n) is 6.16. The number of pyridine rings is 1. The van der Waals surface area contributed by atoms with Crippen LogP contribution in [-0.2, 0) is 6.54 Å². The third-order valence-corrected chi connectivity index (χ3v) is 6.16. The molecule has 1 fully saturated rings. The van der Waals surface area contributed by atoms with Crippen LogP contribution in [0.25, 0.3) is 27.8 Å². The summed E-state index contributed by atoms with van der Waals surface area (Å²) in [6.07, 6.45) is 1.83. The van der Waals surface area contributed by atoms with Crippen LogP contribution in [-0.4, -0.2) is 72.6 Å². The molecule has 8 nitrogen and oxygen atoms in total. The first kappa shape index (κ1) is 22.5. The largest absolute Gasteiger partial charge is 0.350 e. The van der Waals surface area contributed by atoms with Crippen LogP contribution >= 0.6 is 0 Å². The number of halogens is 4. The van der Waals surface area contributed by atoms with Crippen molar-refractivity contribution in [1.29, 1.82) is 0 Å². The van der Waals surface area contributed by atoms with Crippen molar-refractivity contribution in [3.8, 4) is 11.1 Å². The molecule has 5 rings (SSSR count). The molecule has 1 aliphatic heterocycles. The van der Waals surface area contributed by atoms with Crippen molar-refractivity contribution in [3.05, 3.63) is 36.5 Å². The van der Waals surface area contributed by atoms with Gasteiger partial charge in [-0.15, -0.1) is 5.10 Å². The van der Waals surface area contributed by atoms with Gasteiger partial charge in [-0.05, 0) is 31.9 Å². The molecule has 0 aliphatic carbocycles. The molecule has 34 heavy (non-hydrogen) atoms. The maximum atomic E-state index is 13.0. The first-order valence-electron chi connectivity index (χ1n) is 11.1. The molecule has 5 heterocycles. The zero-order valence-corrected chi connectivity index (χ0v) is 18.5. The fraction of sp³-hybridized carbons (Fsp3) is 0.455. The Labute approximate surface area is 192 Å². The SMILES string of the molecule is Cc1nc2ncc(-c3ccn4nc(NC5CCN(CC(F)F)CC5)ncc34)cc2n1CC(F)F. The van der Waals surface area contributed by atoms with Crippen LogP contribution in [0.3, 0.4) is 0 Å². The number of alkyl halides is 4. The second-order valence-electron chi connectivity index (χ2n) is 8.48. The lowest BCUT2D eigenvalue weighted by Gasteiger charge is -2.31. The van der Waals surface area contributed by atoms with Crippen LogP contribution in [0.5, 0.6) is 0 Å². The van der Waals surface area contributed by atoms with Gasteiger partial charge in [0.1, 0.15) is 5.82 Å². The Bertz CT molecular complexity index is 1290. The number of aromatic nitrogens is 6. The van der Waals surface area contributed by atoms with Crippen LogP contribution in [0.1, 0.15) is 18.7 Å². The Morgan fingerprint density at radius 2 is 1.79 bits per heavy atom. The van der Waals surface area contributed by atoms with Gasteiger partial charge in [-0.1, -0.05) is 0 Å². The molecule has 0 unspecified atom stereocenters. The van der Waals surface area contributed by atoms with Gasteiger partial charge in [0.05, 0.1) is 30.3 Å². The highest BCUT2D eigenvalue weighted by molar-refractivity contribution is 5.85. The normalized spacial score (nSPS) is 15.9. The molecule has 1 aliphatic rings. The van der Waals surface area contributed by atoms with E-state index < -0.39 is 19.4 Å². The summed E-state index contributed by atoms with van der Waals surface area (Å²) in [6.45, 7) is 2.26. The van der Waals surface area contributed by atoms with Gasteiger partial charge in [0, 0.05) is 42.7 Å². The van der Waals surface area contributed by atoms with Gasteiger partial charge in [0.25, 0.3) is 12.9 Å². The summed E-state index contributed by atoms with van der Waals surface area (Å²) < 4.78 is 54.4. The first-order valence-corrected chi connectivity index (χ1v) is 11.1. The van der Waals surface area contributed by atoms with Crippen molar-refractivity contribution in [2.24, 2.45) is 0 Å². The second-order valence-corrected chi connectivity index (χ2v) is 8.48. The highest BCUT2D eigenvalue weighted by atomic mass is 19.3. The van der Waals surface area contributed by atoms with Crippen molar-refractivity contribution in [3.63, 3.8) is 0 Å². The lowest BCUT2D eigenvalue weighted by atomic mass is 10.1. The van der Waals surface area contributed by atoms with Crippen LogP contribution in [0, 0.1) is 6.92 Å². The quantitative estimate of drug-likeness (QED) is 0.409. The van der Waals surface area contributed by atoms with Gasteiger partial charge in [-0.3, -0.25) is 4.90 Å². The van der Waals surface area contributed by atoms with E-state index in [-0.39, 0.29) is 12.6 Å². The van der Waals surface area contributed by atoms with E-state index in [4.69, 9.17) is 0 Å². The topological polar surface area (TPSA) is 76.2 Å². The number of fused-ring (bicyclic) bond motifs is 2. The van der Waals surface area contributed by atoms with E-state index in [1.54, 1.807) is 41.0 Å². The van der Waals surface area contributed by atoms with Crippen molar-refractivity contribution < 1.29 is 17.6 Å². The minimum atomic E-state index is -2.49. The summed E-state index contributed by atoms with van der Waals surface area (Å²) in [5.41, 5.74) is 3.29. The Hall–Kier alpha value is -3.28. The average molecular weight is 476 g/mol. The summed E-state index contributed by atoms with van der Waals surface area (Å²) in [5, 5.41) is 7.83. The van der Waals surface area contributed by atoms with Crippen molar-refractivity contribution in [1.82, 2.24) is 34.0 Å². The molecular formula is C22H24F4N8. The predicted octanol–water partition coefficient (Wildman–Crippen LogP) is 3.86. The fourth-order valence-corrected chi connectivity index (χ4v) is 4.48. The predicted molar refractivity (Wildman–Crippen MR) is 119 cm³/mol. The van der Waals surface area contributed by atoms with Gasteiger partial charge in [0.15, 0.2) is 5.65 Å². The van der Waals surface area contributed by atoms with E-state index >= 15 is 0 Å². The Kier molecular flexibility index (Phi) is 6.07. The maximum Gasteiger partial charge on any atom is 0.256 e. The minimum Gasteiger partial charge on any atom is -0.350 e. The molecular weight excluding hydrogens is 452 g/mol. The summed E-state index contributed by atoms with van der Waals surface area (Å²) >= 11 is 0. The number of likely N-dealkylation sites (tertiary alicyclic amines) is 1. The molecule has 1 saturated heterocycles. The van der Waals surface area contributed by atoms with E-state index in [0.29, 0.717) is 36.0 Å². The summed E-state index contributed by atoms with van der Waals surface area (Å²) in [7, 11) is 0. The molecule has 0 radical (unpaired) electrons. The lowest BCUT2D eigenvalue weighted by Crippen LogP contribution is -2.41. The standard InChI is InChI=1S/C22H24F4N8/c1-13-29-21-17(33(13)12-20(25)26)8-14(9-27-21)16-4-7-34-18(16)10-28-22(31-34)30-15-2-5-32(6-3-15)11-19(23)24/h4,7-10,15,19-20H,2-3,5-6,11-12H2,1H3,(H,30,31). The lowest BCUT2D eigenvalue weighted by molar-refractivity contribution is 0.0769. The number of hydrogen-bond acceptors (Lipinski definition) is 6. The van der Waals surface area contributed by atoms with Crippen molar-refractivity contribution >= 4 is 22.6 Å². The van der Waals surface area contributed by atoms with Gasteiger partial charge < -0.3 is 9.88 Å². The second kappa shape index (κ2) is 9.16. The van der Waals surface area contributed by atoms with Crippen LogP contribution in [0.4, 0.5) is 23.5 Å². The number of rotatable bonds is 7. The van der Waals surface area contributed by atoms with E-state index in [9.17, 15) is 17.6 Å². The zero-order chi connectivity index (χ0) is 23.8. The highest BCUT2D eigenvalue weighted by Gasteiger charge is 2.22. The van der Waals surface area contributed by atoms with E-state index in [0.717, 1.165) is 29.5 Å². The number of imidazole rings is 1. The summed E-state index contributed by atoms with van der Waals surface area (Å²) in [5.74, 6) is 0.946. The molecule has 0 amide bonds. The Morgan fingerprint density at radius 1 is 1.03 bits per heavy atom. The number of hydrogen-bond donors (Lipinski definition) is 1. The van der Waals surface area contributed by atoms with E-state index in [1.807, 2.05) is 6.07 Å². The Morgan fingerprint density at radius 3 is 2.53 bits per heavy atom. The van der Waals surface area contributed by atoms with Gasteiger partial charge in [-0.2, -0.15) is 0 Å². The summed E-state index contributed by atoms with van der Waals surface area (Å²) in [4.78, 5) is 14.8. The number of anilines is 1. The van der Waals surface area contributed by atoms with E-state index in [1.165, 1.54) is 4.57 Å².